The summed E-state index contributed by atoms with van der Waals surface area (Å²) in [6.45, 7) is 5.87. The highest BCUT2D eigenvalue weighted by molar-refractivity contribution is 5.43. The molecule has 1 N–H and O–H groups in total. The highest BCUT2D eigenvalue weighted by Crippen LogP contribution is 2.31. The van der Waals surface area contributed by atoms with Crippen LogP contribution in [-0.2, 0) is 6.54 Å². The maximum Gasteiger partial charge on any atom is 0.161 e. The Balaban J connectivity index is 1.56. The Morgan fingerprint density at radius 3 is 2.65 bits per heavy atom. The molecule has 1 saturated heterocycles. The van der Waals surface area contributed by atoms with Crippen LogP contribution >= 0.6 is 0 Å². The van der Waals surface area contributed by atoms with Crippen molar-refractivity contribution in [3.05, 3.63) is 23.8 Å². The fraction of sp³-hybridized carbons (Fsp3) is 0.625. The molecule has 110 valence electrons. The van der Waals surface area contributed by atoms with E-state index in [0.717, 1.165) is 30.5 Å². The second-order valence-corrected chi connectivity index (χ2v) is 5.76. The highest BCUT2D eigenvalue weighted by atomic mass is 16.6. The molecule has 0 atom stereocenters. The molecular weight excluding hydrogens is 252 g/mol. The molecule has 1 aromatic rings. The number of hydrogen-bond donors (Lipinski definition) is 1. The van der Waals surface area contributed by atoms with E-state index >= 15 is 0 Å². The minimum Gasteiger partial charge on any atom is -0.486 e. The van der Waals surface area contributed by atoms with Gasteiger partial charge in [-0.3, -0.25) is 4.90 Å². The average Bonchev–Trinajstić information content (AvgIpc) is 2.49. The second kappa shape index (κ2) is 6.46. The van der Waals surface area contributed by atoms with Crippen molar-refractivity contribution in [1.29, 1.82) is 0 Å². The van der Waals surface area contributed by atoms with Gasteiger partial charge in [-0.2, -0.15) is 0 Å². The molecule has 3 rings (SSSR count). The lowest BCUT2D eigenvalue weighted by atomic mass is 9.96. The summed E-state index contributed by atoms with van der Waals surface area (Å²) in [5, 5.41) is 3.29. The standard InChI is InChI=1S/C16H24N2O2/c1-17-11-13-4-6-18(7-5-13)12-14-2-3-15-16(10-14)20-9-8-19-15/h2-3,10,13,17H,4-9,11-12H2,1H3. The van der Waals surface area contributed by atoms with Gasteiger partial charge < -0.3 is 14.8 Å². The van der Waals surface area contributed by atoms with Gasteiger partial charge in [0.1, 0.15) is 13.2 Å². The van der Waals surface area contributed by atoms with Crippen LogP contribution in [0, 0.1) is 5.92 Å². The van der Waals surface area contributed by atoms with Crippen molar-refractivity contribution in [2.75, 3.05) is 39.9 Å². The fourth-order valence-electron chi connectivity index (χ4n) is 3.08. The van der Waals surface area contributed by atoms with Gasteiger partial charge in [0.25, 0.3) is 0 Å². The molecule has 1 fully saturated rings. The number of nitrogens with one attached hydrogen (secondary N) is 1. The first-order valence-electron chi connectivity index (χ1n) is 7.60. The number of piperidine rings is 1. The van der Waals surface area contributed by atoms with Crippen molar-refractivity contribution in [2.24, 2.45) is 5.92 Å². The topological polar surface area (TPSA) is 33.7 Å². The Morgan fingerprint density at radius 1 is 1.15 bits per heavy atom. The van der Waals surface area contributed by atoms with E-state index in [1.54, 1.807) is 0 Å². The van der Waals surface area contributed by atoms with E-state index in [9.17, 15) is 0 Å². The molecule has 0 bridgehead atoms. The van der Waals surface area contributed by atoms with Gasteiger partial charge >= 0.3 is 0 Å². The van der Waals surface area contributed by atoms with E-state index in [2.05, 4.69) is 22.3 Å². The summed E-state index contributed by atoms with van der Waals surface area (Å²) in [4.78, 5) is 2.54. The molecule has 0 aromatic heterocycles. The van der Waals surface area contributed by atoms with Gasteiger partial charge in [-0.05, 0) is 63.1 Å². The normalized spacial score (nSPS) is 20.1. The van der Waals surface area contributed by atoms with Crippen LogP contribution < -0.4 is 14.8 Å². The van der Waals surface area contributed by atoms with Gasteiger partial charge in [0.05, 0.1) is 0 Å². The number of rotatable bonds is 4. The summed E-state index contributed by atoms with van der Waals surface area (Å²) >= 11 is 0. The zero-order chi connectivity index (χ0) is 13.8. The number of likely N-dealkylation sites (tertiary alicyclic amines) is 1. The average molecular weight is 276 g/mol. The largest absolute Gasteiger partial charge is 0.486 e. The molecule has 0 amide bonds. The third-order valence-electron chi connectivity index (χ3n) is 4.21. The van der Waals surface area contributed by atoms with E-state index < -0.39 is 0 Å². The SMILES string of the molecule is CNCC1CCN(Cc2ccc3c(c2)OCCO3)CC1. The van der Waals surface area contributed by atoms with Gasteiger partial charge in [0, 0.05) is 6.54 Å². The maximum absolute atomic E-state index is 5.65. The number of hydrogen-bond acceptors (Lipinski definition) is 4. The van der Waals surface area contributed by atoms with E-state index in [1.165, 1.54) is 31.5 Å². The Hall–Kier alpha value is -1.26. The first kappa shape index (κ1) is 13.7. The van der Waals surface area contributed by atoms with Crippen molar-refractivity contribution in [1.82, 2.24) is 10.2 Å². The second-order valence-electron chi connectivity index (χ2n) is 5.76. The number of fused-ring (bicyclic) bond motifs is 1. The minimum absolute atomic E-state index is 0.658. The van der Waals surface area contributed by atoms with Gasteiger partial charge in [-0.1, -0.05) is 6.07 Å². The molecule has 0 saturated carbocycles. The lowest BCUT2D eigenvalue weighted by molar-refractivity contribution is 0.167. The Kier molecular flexibility index (Phi) is 4.43. The fourth-order valence-corrected chi connectivity index (χ4v) is 3.08. The minimum atomic E-state index is 0.658. The summed E-state index contributed by atoms with van der Waals surface area (Å²) < 4.78 is 11.2. The van der Waals surface area contributed by atoms with Crippen molar-refractivity contribution in [3.8, 4) is 11.5 Å². The van der Waals surface area contributed by atoms with Crippen molar-refractivity contribution in [3.63, 3.8) is 0 Å². The summed E-state index contributed by atoms with van der Waals surface area (Å²) in [5.74, 6) is 2.63. The van der Waals surface area contributed by atoms with E-state index in [-0.39, 0.29) is 0 Å². The first-order chi connectivity index (χ1) is 9.85. The molecule has 4 nitrogen and oxygen atoms in total. The highest BCUT2D eigenvalue weighted by Gasteiger charge is 2.19. The van der Waals surface area contributed by atoms with Gasteiger partial charge in [-0.25, -0.2) is 0 Å². The summed E-state index contributed by atoms with van der Waals surface area (Å²) in [6.07, 6.45) is 2.59. The van der Waals surface area contributed by atoms with Crippen molar-refractivity contribution in [2.45, 2.75) is 19.4 Å². The van der Waals surface area contributed by atoms with Gasteiger partial charge in [0.2, 0.25) is 0 Å². The third-order valence-corrected chi connectivity index (χ3v) is 4.21. The number of nitrogens with zero attached hydrogens (tertiary/aromatic N) is 1. The lowest BCUT2D eigenvalue weighted by Crippen LogP contribution is -2.36. The van der Waals surface area contributed by atoms with Crippen LogP contribution in [0.3, 0.4) is 0 Å². The predicted molar refractivity (Wildman–Crippen MR) is 79.4 cm³/mol. The molecule has 4 heteroatoms. The molecule has 0 radical (unpaired) electrons. The smallest absolute Gasteiger partial charge is 0.161 e. The van der Waals surface area contributed by atoms with Crippen LogP contribution in [0.25, 0.3) is 0 Å². The lowest BCUT2D eigenvalue weighted by Gasteiger charge is -2.32. The summed E-state index contributed by atoms with van der Waals surface area (Å²) in [5.41, 5.74) is 1.32. The van der Waals surface area contributed by atoms with E-state index in [0.29, 0.717) is 13.2 Å². The van der Waals surface area contributed by atoms with Crippen LogP contribution in [0.4, 0.5) is 0 Å². The Labute approximate surface area is 121 Å². The van der Waals surface area contributed by atoms with Crippen molar-refractivity contribution < 1.29 is 9.47 Å². The van der Waals surface area contributed by atoms with Gasteiger partial charge in [0.15, 0.2) is 11.5 Å². The molecule has 0 spiro atoms. The summed E-state index contributed by atoms with van der Waals surface area (Å²) in [7, 11) is 2.04. The Bertz CT molecular complexity index is 442. The molecule has 2 heterocycles. The zero-order valence-electron chi connectivity index (χ0n) is 12.2. The maximum atomic E-state index is 5.65. The molecule has 1 aromatic carbocycles. The van der Waals surface area contributed by atoms with E-state index in [1.807, 2.05) is 13.1 Å². The summed E-state index contributed by atoms with van der Waals surface area (Å²) in [6, 6.07) is 6.33. The molecule has 2 aliphatic heterocycles. The van der Waals surface area contributed by atoms with Crippen molar-refractivity contribution >= 4 is 0 Å². The van der Waals surface area contributed by atoms with Gasteiger partial charge in [-0.15, -0.1) is 0 Å². The Morgan fingerprint density at radius 2 is 1.90 bits per heavy atom. The molecule has 2 aliphatic rings. The van der Waals surface area contributed by atoms with Crippen LogP contribution in [0.15, 0.2) is 18.2 Å². The first-order valence-corrected chi connectivity index (χ1v) is 7.60. The molecule has 20 heavy (non-hydrogen) atoms. The van der Waals surface area contributed by atoms with Crippen LogP contribution in [0.1, 0.15) is 18.4 Å². The van der Waals surface area contributed by atoms with Crippen LogP contribution in [0.5, 0.6) is 11.5 Å². The van der Waals surface area contributed by atoms with Crippen LogP contribution in [0.2, 0.25) is 0 Å². The zero-order valence-corrected chi connectivity index (χ0v) is 12.2. The van der Waals surface area contributed by atoms with Crippen LogP contribution in [-0.4, -0.2) is 44.8 Å². The molecule has 0 unspecified atom stereocenters. The monoisotopic (exact) mass is 276 g/mol. The number of ether oxygens (including phenoxy) is 2. The molecular formula is C16H24N2O2. The quantitative estimate of drug-likeness (QED) is 0.910. The predicted octanol–water partition coefficient (Wildman–Crippen LogP) is 1.89. The van der Waals surface area contributed by atoms with E-state index in [4.69, 9.17) is 9.47 Å². The molecule has 0 aliphatic carbocycles. The number of benzene rings is 1. The third kappa shape index (κ3) is 3.25.